The van der Waals surface area contributed by atoms with E-state index in [1.54, 1.807) is 6.20 Å². The van der Waals surface area contributed by atoms with Gasteiger partial charge in [0.05, 0.1) is 0 Å². The van der Waals surface area contributed by atoms with Crippen LogP contribution < -0.4 is 10.2 Å². The van der Waals surface area contributed by atoms with Gasteiger partial charge in [-0.2, -0.15) is 0 Å². The van der Waals surface area contributed by atoms with Crippen LogP contribution in [-0.2, 0) is 11.3 Å². The number of hydrogen-bond acceptors (Lipinski definition) is 4. The molecule has 3 rings (SSSR count). The van der Waals surface area contributed by atoms with Crippen molar-refractivity contribution in [3.63, 3.8) is 0 Å². The monoisotopic (exact) mass is 353 g/mol. The maximum absolute atomic E-state index is 12.4. The zero-order valence-corrected chi connectivity index (χ0v) is 15.4. The summed E-state index contributed by atoms with van der Waals surface area (Å²) in [5.74, 6) is 0.503. The largest absolute Gasteiger partial charge is 0.381 e. The number of hydrogen-bond donors (Lipinski definition) is 1. The summed E-state index contributed by atoms with van der Waals surface area (Å²) in [7, 11) is 0. The lowest BCUT2D eigenvalue weighted by molar-refractivity contribution is 0.0946. The molecule has 0 unspecified atom stereocenters. The summed E-state index contributed by atoms with van der Waals surface area (Å²) in [6.45, 7) is 6.17. The number of benzene rings is 1. The Labute approximate surface area is 155 Å². The lowest BCUT2D eigenvalue weighted by Crippen LogP contribution is -2.35. The predicted octanol–water partition coefficient (Wildman–Crippen LogP) is 3.26. The minimum atomic E-state index is -0.137. The highest BCUT2D eigenvalue weighted by Crippen LogP contribution is 2.23. The van der Waals surface area contributed by atoms with Gasteiger partial charge in [0.2, 0.25) is 0 Å². The molecular formula is C21H27N3O2. The summed E-state index contributed by atoms with van der Waals surface area (Å²) in [4.78, 5) is 19.0. The predicted molar refractivity (Wildman–Crippen MR) is 103 cm³/mol. The number of nitrogens with one attached hydrogen (secondary N) is 1. The Hall–Kier alpha value is -2.40. The molecule has 1 fully saturated rings. The van der Waals surface area contributed by atoms with Crippen molar-refractivity contribution in [1.29, 1.82) is 0 Å². The zero-order valence-electron chi connectivity index (χ0n) is 15.4. The van der Waals surface area contributed by atoms with E-state index in [0.717, 1.165) is 50.4 Å². The molecule has 0 saturated carbocycles. The molecular weight excluding hydrogens is 326 g/mol. The van der Waals surface area contributed by atoms with E-state index in [-0.39, 0.29) is 5.91 Å². The fraction of sp³-hybridized carbons (Fsp3) is 0.429. The number of carbonyl (C=O) groups is 1. The lowest BCUT2D eigenvalue weighted by Gasteiger charge is -2.33. The van der Waals surface area contributed by atoms with Crippen LogP contribution in [-0.4, -0.2) is 37.2 Å². The Morgan fingerprint density at radius 1 is 1.23 bits per heavy atom. The molecule has 1 N–H and O–H groups in total. The van der Waals surface area contributed by atoms with E-state index in [1.807, 2.05) is 49.4 Å². The third kappa shape index (κ3) is 5.05. The number of aromatic nitrogens is 1. The van der Waals surface area contributed by atoms with Crippen LogP contribution in [0.15, 0.2) is 48.7 Å². The highest BCUT2D eigenvalue weighted by Gasteiger charge is 2.20. The first kappa shape index (κ1) is 18.4. The molecule has 1 aromatic carbocycles. The molecule has 26 heavy (non-hydrogen) atoms. The topological polar surface area (TPSA) is 54.5 Å². The number of ether oxygens (including phenoxy) is 1. The molecule has 0 aliphatic carbocycles. The Morgan fingerprint density at radius 2 is 2.00 bits per heavy atom. The molecule has 0 radical (unpaired) electrons. The Bertz CT molecular complexity index is 697. The van der Waals surface area contributed by atoms with Crippen LogP contribution in [0.25, 0.3) is 0 Å². The van der Waals surface area contributed by atoms with Crippen LogP contribution in [0.3, 0.4) is 0 Å². The van der Waals surface area contributed by atoms with Gasteiger partial charge in [0.25, 0.3) is 5.91 Å². The van der Waals surface area contributed by atoms with Crippen LogP contribution in [0.1, 0.15) is 35.8 Å². The summed E-state index contributed by atoms with van der Waals surface area (Å²) in [5, 5.41) is 2.94. The van der Waals surface area contributed by atoms with Gasteiger partial charge in [0.1, 0.15) is 5.69 Å². The number of pyridine rings is 1. The normalized spacial score (nSPS) is 15.0. The van der Waals surface area contributed by atoms with E-state index in [1.165, 1.54) is 0 Å². The first-order chi connectivity index (χ1) is 12.8. The Morgan fingerprint density at radius 3 is 2.73 bits per heavy atom. The van der Waals surface area contributed by atoms with E-state index < -0.39 is 0 Å². The molecule has 1 aromatic heterocycles. The average Bonchev–Trinajstić information content (AvgIpc) is 2.71. The molecule has 1 saturated heterocycles. The maximum Gasteiger partial charge on any atom is 0.270 e. The molecule has 5 heteroatoms. The van der Waals surface area contributed by atoms with Crippen molar-refractivity contribution in [3.05, 3.63) is 59.9 Å². The van der Waals surface area contributed by atoms with Crippen molar-refractivity contribution in [2.24, 2.45) is 5.92 Å². The number of piperidine rings is 1. The average molecular weight is 353 g/mol. The minimum Gasteiger partial charge on any atom is -0.381 e. The van der Waals surface area contributed by atoms with Gasteiger partial charge in [-0.3, -0.25) is 9.78 Å². The van der Waals surface area contributed by atoms with Gasteiger partial charge >= 0.3 is 0 Å². The minimum absolute atomic E-state index is 0.137. The molecule has 138 valence electrons. The van der Waals surface area contributed by atoms with E-state index in [4.69, 9.17) is 4.74 Å². The number of carbonyl (C=O) groups excluding carboxylic acids is 1. The van der Waals surface area contributed by atoms with E-state index in [0.29, 0.717) is 18.2 Å². The van der Waals surface area contributed by atoms with Gasteiger partial charge in [0, 0.05) is 44.7 Å². The highest BCUT2D eigenvalue weighted by molar-refractivity contribution is 5.93. The molecule has 0 bridgehead atoms. The highest BCUT2D eigenvalue weighted by atomic mass is 16.5. The van der Waals surface area contributed by atoms with Crippen molar-refractivity contribution >= 4 is 11.6 Å². The van der Waals surface area contributed by atoms with Crippen LogP contribution in [0.5, 0.6) is 0 Å². The summed E-state index contributed by atoms with van der Waals surface area (Å²) in [5.41, 5.74) is 2.61. The second kappa shape index (κ2) is 9.34. The molecule has 1 aliphatic heterocycles. The third-order valence-corrected chi connectivity index (χ3v) is 4.81. The summed E-state index contributed by atoms with van der Waals surface area (Å²) in [6.07, 6.45) is 3.97. The maximum atomic E-state index is 12.4. The Balaban J connectivity index is 1.55. The van der Waals surface area contributed by atoms with Gasteiger partial charge < -0.3 is 15.0 Å². The number of rotatable bonds is 7. The van der Waals surface area contributed by atoms with Crippen molar-refractivity contribution < 1.29 is 9.53 Å². The quantitative estimate of drug-likeness (QED) is 0.830. The van der Waals surface area contributed by atoms with Crippen molar-refractivity contribution in [1.82, 2.24) is 10.3 Å². The van der Waals surface area contributed by atoms with E-state index in [2.05, 4.69) is 15.2 Å². The Kier molecular flexibility index (Phi) is 6.61. The van der Waals surface area contributed by atoms with Crippen LogP contribution >= 0.6 is 0 Å². The second-order valence-electron chi connectivity index (χ2n) is 6.66. The summed E-state index contributed by atoms with van der Waals surface area (Å²) >= 11 is 0. The van der Waals surface area contributed by atoms with E-state index in [9.17, 15) is 4.79 Å². The van der Waals surface area contributed by atoms with E-state index >= 15 is 0 Å². The van der Waals surface area contributed by atoms with Gasteiger partial charge in [-0.05, 0) is 43.4 Å². The fourth-order valence-electron chi connectivity index (χ4n) is 3.25. The smallest absolute Gasteiger partial charge is 0.270 e. The second-order valence-corrected chi connectivity index (χ2v) is 6.66. The number of amides is 1. The van der Waals surface area contributed by atoms with Crippen LogP contribution in [0.2, 0.25) is 0 Å². The molecule has 0 spiro atoms. The van der Waals surface area contributed by atoms with Crippen LogP contribution in [0, 0.1) is 5.92 Å². The number of nitrogens with zero attached hydrogens (tertiary/aromatic N) is 2. The molecule has 2 heterocycles. The van der Waals surface area contributed by atoms with Gasteiger partial charge in [-0.25, -0.2) is 0 Å². The summed E-state index contributed by atoms with van der Waals surface area (Å²) in [6, 6.07) is 13.8. The van der Waals surface area contributed by atoms with Crippen molar-refractivity contribution in [2.75, 3.05) is 31.2 Å². The van der Waals surface area contributed by atoms with Crippen molar-refractivity contribution in [3.8, 4) is 0 Å². The fourth-order valence-corrected chi connectivity index (χ4v) is 3.25. The molecule has 0 atom stereocenters. The first-order valence-electron chi connectivity index (χ1n) is 9.37. The van der Waals surface area contributed by atoms with Gasteiger partial charge in [0.15, 0.2) is 0 Å². The SMILES string of the molecule is CCOCC1CCN(c2ccnc(C(=O)NCc3ccccc3)c2)CC1. The zero-order chi connectivity index (χ0) is 18.2. The lowest BCUT2D eigenvalue weighted by atomic mass is 9.97. The molecule has 2 aromatic rings. The van der Waals surface area contributed by atoms with Crippen LogP contribution in [0.4, 0.5) is 5.69 Å². The molecule has 1 aliphatic rings. The third-order valence-electron chi connectivity index (χ3n) is 4.81. The van der Waals surface area contributed by atoms with Crippen molar-refractivity contribution in [2.45, 2.75) is 26.3 Å². The number of anilines is 1. The molecule has 1 amide bonds. The van der Waals surface area contributed by atoms with Gasteiger partial charge in [-0.1, -0.05) is 30.3 Å². The van der Waals surface area contributed by atoms with Gasteiger partial charge in [-0.15, -0.1) is 0 Å². The standard InChI is InChI=1S/C21H27N3O2/c1-2-26-16-18-9-12-24(13-10-18)19-8-11-22-20(14-19)21(25)23-15-17-6-4-3-5-7-17/h3-8,11,14,18H,2,9-10,12-13,15-16H2,1H3,(H,23,25). The first-order valence-corrected chi connectivity index (χ1v) is 9.37. The molecule has 5 nitrogen and oxygen atoms in total. The summed E-state index contributed by atoms with van der Waals surface area (Å²) < 4.78 is 5.55.